The Morgan fingerprint density at radius 2 is 1.66 bits per heavy atom. The van der Waals surface area contributed by atoms with Gasteiger partial charge in [0.1, 0.15) is 6.29 Å². The SMILES string of the molecule is O=CC(CC(=O)NNC(=S)Nc1cccc2ccccc12)C(S)Nc1ccc(NS(=O)(=O)O)cc1. The highest BCUT2D eigenvalue weighted by molar-refractivity contribution is 7.87. The number of anilines is 3. The van der Waals surface area contributed by atoms with Gasteiger partial charge in [-0.25, -0.2) is 0 Å². The Morgan fingerprint density at radius 1 is 1.00 bits per heavy atom. The number of benzene rings is 3. The van der Waals surface area contributed by atoms with Crippen molar-refractivity contribution in [2.24, 2.45) is 5.92 Å². The van der Waals surface area contributed by atoms with E-state index in [-0.39, 0.29) is 17.2 Å². The van der Waals surface area contributed by atoms with Gasteiger partial charge in [-0.05, 0) is 47.9 Å². The number of hydrazine groups is 1. The molecule has 13 heteroatoms. The van der Waals surface area contributed by atoms with Gasteiger partial charge in [-0.15, -0.1) is 0 Å². The van der Waals surface area contributed by atoms with Crippen LogP contribution < -0.4 is 26.2 Å². The second kappa shape index (κ2) is 11.8. The summed E-state index contributed by atoms with van der Waals surface area (Å²) in [7, 11) is -4.38. The second-order valence-corrected chi connectivity index (χ2v) is 9.52. The molecule has 3 aromatic rings. The number of fused-ring (bicyclic) bond motifs is 1. The van der Waals surface area contributed by atoms with Crippen LogP contribution in [0.3, 0.4) is 0 Å². The predicted octanol–water partition coefficient (Wildman–Crippen LogP) is 2.95. The van der Waals surface area contributed by atoms with Crippen LogP contribution in [-0.2, 0) is 19.9 Å². The smallest absolute Gasteiger partial charge is 0.357 e. The summed E-state index contributed by atoms with van der Waals surface area (Å²) in [6, 6.07) is 19.4. The van der Waals surface area contributed by atoms with E-state index in [1.54, 1.807) is 0 Å². The number of thiocarbonyl (C=S) groups is 1. The third kappa shape index (κ3) is 8.10. The van der Waals surface area contributed by atoms with Crippen molar-refractivity contribution in [3.05, 3.63) is 66.7 Å². The molecular formula is C22H23N5O5S3. The fraction of sp³-hybridized carbons (Fsp3) is 0.136. The molecule has 0 saturated carbocycles. The third-order valence-corrected chi connectivity index (χ3v) is 6.01. The van der Waals surface area contributed by atoms with Crippen LogP contribution in [0.25, 0.3) is 10.8 Å². The molecule has 0 radical (unpaired) electrons. The molecule has 0 aliphatic rings. The summed E-state index contributed by atoms with van der Waals surface area (Å²) in [4.78, 5) is 23.9. The molecular weight excluding hydrogens is 510 g/mol. The Kier molecular flexibility index (Phi) is 8.87. The van der Waals surface area contributed by atoms with E-state index in [1.807, 2.05) is 47.2 Å². The molecule has 2 atom stereocenters. The highest BCUT2D eigenvalue weighted by atomic mass is 32.2. The molecule has 0 aromatic heterocycles. The molecule has 0 saturated heterocycles. The summed E-state index contributed by atoms with van der Waals surface area (Å²) < 4.78 is 32.4. The quantitative estimate of drug-likeness (QED) is 0.0550. The van der Waals surface area contributed by atoms with E-state index in [0.29, 0.717) is 12.0 Å². The van der Waals surface area contributed by atoms with Crippen molar-refractivity contribution in [1.82, 2.24) is 10.9 Å². The van der Waals surface area contributed by atoms with Crippen molar-refractivity contribution < 1.29 is 22.6 Å². The van der Waals surface area contributed by atoms with Gasteiger partial charge >= 0.3 is 10.3 Å². The van der Waals surface area contributed by atoms with Crippen molar-refractivity contribution >= 4 is 80.3 Å². The molecule has 2 unspecified atom stereocenters. The standard InChI is InChI=1S/C22H23N5O5S3/c28-13-15(21(33)23-16-8-10-17(11-9-16)27-35(30,31)32)12-20(29)25-26-22(34)24-19-7-3-5-14-4-1-2-6-18(14)19/h1-11,13,15,21,23,27,33H,12H2,(H,25,29)(H2,24,26,34)(H,30,31,32). The van der Waals surface area contributed by atoms with Crippen LogP contribution in [0.2, 0.25) is 0 Å². The van der Waals surface area contributed by atoms with E-state index in [9.17, 15) is 18.0 Å². The first-order valence-electron chi connectivity index (χ1n) is 10.2. The minimum Gasteiger partial charge on any atom is -0.373 e. The van der Waals surface area contributed by atoms with E-state index in [2.05, 4.69) is 34.1 Å². The summed E-state index contributed by atoms with van der Waals surface area (Å²) in [5, 5.41) is 7.46. The van der Waals surface area contributed by atoms with Crippen molar-refractivity contribution in [3.8, 4) is 0 Å². The number of carbonyl (C=O) groups excluding carboxylic acids is 2. The van der Waals surface area contributed by atoms with E-state index < -0.39 is 27.5 Å². The number of hydrogen-bond acceptors (Lipinski definition) is 7. The minimum atomic E-state index is -4.38. The van der Waals surface area contributed by atoms with Gasteiger partial charge in [0.25, 0.3) is 0 Å². The largest absolute Gasteiger partial charge is 0.373 e. The molecule has 3 aromatic carbocycles. The lowest BCUT2D eigenvalue weighted by Gasteiger charge is -2.21. The molecule has 0 bridgehead atoms. The van der Waals surface area contributed by atoms with Gasteiger partial charge in [0.05, 0.1) is 17.0 Å². The zero-order valence-electron chi connectivity index (χ0n) is 18.1. The zero-order valence-corrected chi connectivity index (χ0v) is 20.7. The normalized spacial score (nSPS) is 12.7. The molecule has 10 nitrogen and oxygen atoms in total. The maximum atomic E-state index is 12.3. The third-order valence-electron chi connectivity index (χ3n) is 4.80. The Bertz CT molecular complexity index is 1310. The summed E-state index contributed by atoms with van der Waals surface area (Å²) in [5.41, 5.74) is 6.54. The van der Waals surface area contributed by atoms with Gasteiger partial charge in [-0.1, -0.05) is 36.4 Å². The van der Waals surface area contributed by atoms with Gasteiger partial charge < -0.3 is 15.4 Å². The van der Waals surface area contributed by atoms with E-state index in [0.717, 1.165) is 16.5 Å². The Labute approximate surface area is 213 Å². The zero-order chi connectivity index (χ0) is 25.4. The van der Waals surface area contributed by atoms with Crippen LogP contribution in [0.5, 0.6) is 0 Å². The molecule has 6 N–H and O–H groups in total. The Morgan fingerprint density at radius 3 is 2.34 bits per heavy atom. The first-order valence-corrected chi connectivity index (χ1v) is 12.6. The lowest BCUT2D eigenvalue weighted by atomic mass is 10.1. The first kappa shape index (κ1) is 26.2. The monoisotopic (exact) mass is 533 g/mol. The Hall–Kier alpha value is -3.39. The molecule has 0 aliphatic carbocycles. The highest BCUT2D eigenvalue weighted by Gasteiger charge is 2.21. The predicted molar refractivity (Wildman–Crippen MR) is 144 cm³/mol. The Balaban J connectivity index is 1.49. The lowest BCUT2D eigenvalue weighted by molar-refractivity contribution is -0.124. The average molecular weight is 534 g/mol. The lowest BCUT2D eigenvalue weighted by Crippen LogP contribution is -2.45. The number of nitrogens with one attached hydrogen (secondary N) is 5. The molecule has 0 heterocycles. The molecule has 0 fully saturated rings. The van der Waals surface area contributed by atoms with E-state index in [1.165, 1.54) is 24.3 Å². The fourth-order valence-corrected chi connectivity index (χ4v) is 4.09. The fourth-order valence-electron chi connectivity index (χ4n) is 3.17. The number of rotatable bonds is 9. The maximum absolute atomic E-state index is 12.3. The average Bonchev–Trinajstić information content (AvgIpc) is 2.81. The van der Waals surface area contributed by atoms with Gasteiger partial charge in [0, 0.05) is 23.2 Å². The van der Waals surface area contributed by atoms with Gasteiger partial charge in [-0.3, -0.25) is 24.9 Å². The van der Waals surface area contributed by atoms with Gasteiger partial charge in [-0.2, -0.15) is 21.0 Å². The first-order chi connectivity index (χ1) is 16.6. The maximum Gasteiger partial charge on any atom is 0.357 e. The van der Waals surface area contributed by atoms with Gasteiger partial charge in [0.2, 0.25) is 5.91 Å². The molecule has 0 aliphatic heterocycles. The number of aldehydes is 1. The summed E-state index contributed by atoms with van der Waals surface area (Å²) >= 11 is 9.61. The van der Waals surface area contributed by atoms with Crippen LogP contribution in [-0.4, -0.2) is 35.7 Å². The number of thiol groups is 1. The second-order valence-electron chi connectivity index (χ2n) is 7.40. The minimum absolute atomic E-state index is 0.152. The van der Waals surface area contributed by atoms with Crippen LogP contribution in [0, 0.1) is 5.92 Å². The van der Waals surface area contributed by atoms with E-state index >= 15 is 0 Å². The highest BCUT2D eigenvalue weighted by Crippen LogP contribution is 2.23. The van der Waals surface area contributed by atoms with Crippen LogP contribution in [0.1, 0.15) is 6.42 Å². The topological polar surface area (TPSA) is 149 Å². The molecule has 0 spiro atoms. The number of amides is 1. The van der Waals surface area contributed by atoms with Crippen LogP contribution >= 0.6 is 24.8 Å². The summed E-state index contributed by atoms with van der Waals surface area (Å²) in [5.74, 6) is -1.26. The van der Waals surface area contributed by atoms with Crippen molar-refractivity contribution in [1.29, 1.82) is 0 Å². The molecule has 1 amide bonds. The van der Waals surface area contributed by atoms with Crippen LogP contribution in [0.4, 0.5) is 17.1 Å². The van der Waals surface area contributed by atoms with Crippen molar-refractivity contribution in [2.75, 3.05) is 15.4 Å². The summed E-state index contributed by atoms with van der Waals surface area (Å²) in [6.45, 7) is 0. The van der Waals surface area contributed by atoms with Crippen LogP contribution in [0.15, 0.2) is 66.7 Å². The van der Waals surface area contributed by atoms with Crippen molar-refractivity contribution in [2.45, 2.75) is 11.8 Å². The van der Waals surface area contributed by atoms with E-state index in [4.69, 9.17) is 16.8 Å². The van der Waals surface area contributed by atoms with Crippen molar-refractivity contribution in [3.63, 3.8) is 0 Å². The molecule has 35 heavy (non-hydrogen) atoms. The number of carbonyl (C=O) groups is 2. The molecule has 184 valence electrons. The number of hydrogen-bond donors (Lipinski definition) is 7. The summed E-state index contributed by atoms with van der Waals surface area (Å²) in [6.07, 6.45) is 0.447. The van der Waals surface area contributed by atoms with Gasteiger partial charge in [0.15, 0.2) is 5.11 Å². The molecule has 3 rings (SSSR count).